The summed E-state index contributed by atoms with van der Waals surface area (Å²) < 4.78 is 5.40. The fourth-order valence-corrected chi connectivity index (χ4v) is 3.84. The normalized spacial score (nSPS) is 13.3. The number of hydrogen-bond acceptors (Lipinski definition) is 5. The Balaban J connectivity index is 1.50. The first kappa shape index (κ1) is 24.3. The number of nitrogens with zero attached hydrogens (tertiary/aromatic N) is 1. The SMILES string of the molecule is CCOc1ccc(NC(=O)c2cccc(NC3=C(Cl)C(=O)N(c4ccc(C)c(Cl)c4)C3=O)c2)cc1. The van der Waals surface area contributed by atoms with Gasteiger partial charge in [-0.2, -0.15) is 0 Å². The van der Waals surface area contributed by atoms with Crippen molar-refractivity contribution in [2.75, 3.05) is 22.1 Å². The van der Waals surface area contributed by atoms with E-state index >= 15 is 0 Å². The molecule has 1 aliphatic heterocycles. The van der Waals surface area contributed by atoms with Gasteiger partial charge in [0.05, 0.1) is 12.3 Å². The Morgan fingerprint density at radius 3 is 2.37 bits per heavy atom. The quantitative estimate of drug-likeness (QED) is 0.396. The van der Waals surface area contributed by atoms with Gasteiger partial charge in [0.2, 0.25) is 0 Å². The lowest BCUT2D eigenvalue weighted by molar-refractivity contribution is -0.120. The highest BCUT2D eigenvalue weighted by Crippen LogP contribution is 2.32. The first-order valence-electron chi connectivity index (χ1n) is 10.7. The van der Waals surface area contributed by atoms with Crippen LogP contribution in [0, 0.1) is 6.92 Å². The molecule has 1 aliphatic rings. The Labute approximate surface area is 212 Å². The number of ether oxygens (including phenoxy) is 1. The van der Waals surface area contributed by atoms with Crippen LogP contribution in [0.5, 0.6) is 5.75 Å². The Hall–Kier alpha value is -3.81. The lowest BCUT2D eigenvalue weighted by Crippen LogP contribution is -2.32. The highest BCUT2D eigenvalue weighted by molar-refractivity contribution is 6.53. The molecule has 9 heteroatoms. The van der Waals surface area contributed by atoms with Gasteiger partial charge in [0.25, 0.3) is 17.7 Å². The van der Waals surface area contributed by atoms with Crippen molar-refractivity contribution in [3.05, 3.63) is 93.6 Å². The Morgan fingerprint density at radius 2 is 1.69 bits per heavy atom. The molecule has 0 atom stereocenters. The summed E-state index contributed by atoms with van der Waals surface area (Å²) in [6.45, 7) is 4.26. The van der Waals surface area contributed by atoms with E-state index in [1.807, 2.05) is 13.8 Å². The number of nitrogens with one attached hydrogen (secondary N) is 2. The zero-order valence-electron chi connectivity index (χ0n) is 18.9. The van der Waals surface area contributed by atoms with Gasteiger partial charge in [0.1, 0.15) is 16.5 Å². The first-order chi connectivity index (χ1) is 16.8. The number of benzene rings is 3. The molecule has 4 rings (SSSR count). The van der Waals surface area contributed by atoms with E-state index in [1.165, 1.54) is 6.07 Å². The van der Waals surface area contributed by atoms with E-state index in [1.54, 1.807) is 60.7 Å². The summed E-state index contributed by atoms with van der Waals surface area (Å²) in [5.74, 6) is -0.921. The number of rotatable bonds is 7. The summed E-state index contributed by atoms with van der Waals surface area (Å²) in [4.78, 5) is 39.4. The predicted octanol–water partition coefficient (Wildman–Crippen LogP) is 5.74. The second kappa shape index (κ2) is 10.2. The molecular weight excluding hydrogens is 489 g/mol. The maximum absolute atomic E-state index is 13.0. The van der Waals surface area contributed by atoms with Gasteiger partial charge in [0.15, 0.2) is 0 Å². The number of halogens is 2. The highest BCUT2D eigenvalue weighted by atomic mass is 35.5. The molecule has 35 heavy (non-hydrogen) atoms. The third-order valence-corrected chi connectivity index (χ3v) is 6.02. The minimum atomic E-state index is -0.663. The average molecular weight is 510 g/mol. The molecule has 0 fully saturated rings. The Kier molecular flexibility index (Phi) is 7.10. The van der Waals surface area contributed by atoms with Crippen molar-refractivity contribution < 1.29 is 19.1 Å². The van der Waals surface area contributed by atoms with Crippen LogP contribution in [0.1, 0.15) is 22.8 Å². The summed E-state index contributed by atoms with van der Waals surface area (Å²) in [5.41, 5.74) is 2.41. The van der Waals surface area contributed by atoms with Crippen molar-refractivity contribution in [2.24, 2.45) is 0 Å². The van der Waals surface area contributed by atoms with Crippen LogP contribution < -0.4 is 20.3 Å². The van der Waals surface area contributed by atoms with Gasteiger partial charge in [-0.25, -0.2) is 4.90 Å². The van der Waals surface area contributed by atoms with E-state index in [0.29, 0.717) is 40.0 Å². The molecule has 1 heterocycles. The molecule has 178 valence electrons. The molecule has 3 amide bonds. The number of aryl methyl sites for hydroxylation is 1. The van der Waals surface area contributed by atoms with Gasteiger partial charge < -0.3 is 15.4 Å². The van der Waals surface area contributed by atoms with Gasteiger partial charge in [-0.3, -0.25) is 14.4 Å². The topological polar surface area (TPSA) is 87.7 Å². The maximum atomic E-state index is 13.0. The zero-order valence-corrected chi connectivity index (χ0v) is 20.4. The van der Waals surface area contributed by atoms with Crippen LogP contribution in [0.3, 0.4) is 0 Å². The van der Waals surface area contributed by atoms with E-state index in [-0.39, 0.29) is 16.6 Å². The van der Waals surface area contributed by atoms with Crippen LogP contribution in [-0.4, -0.2) is 24.3 Å². The van der Waals surface area contributed by atoms with E-state index in [9.17, 15) is 14.4 Å². The van der Waals surface area contributed by atoms with Crippen LogP contribution >= 0.6 is 23.2 Å². The first-order valence-corrected chi connectivity index (χ1v) is 11.5. The van der Waals surface area contributed by atoms with Crippen LogP contribution in [0.4, 0.5) is 17.1 Å². The number of carbonyl (C=O) groups excluding carboxylic acids is 3. The third kappa shape index (κ3) is 5.16. The smallest absolute Gasteiger partial charge is 0.283 e. The van der Waals surface area contributed by atoms with Gasteiger partial charge in [-0.15, -0.1) is 0 Å². The van der Waals surface area contributed by atoms with Crippen molar-refractivity contribution in [3.8, 4) is 5.75 Å². The molecule has 3 aromatic carbocycles. The molecule has 0 saturated carbocycles. The predicted molar refractivity (Wildman–Crippen MR) is 137 cm³/mol. The van der Waals surface area contributed by atoms with Crippen molar-refractivity contribution in [3.63, 3.8) is 0 Å². The highest BCUT2D eigenvalue weighted by Gasteiger charge is 2.39. The van der Waals surface area contributed by atoms with Crippen molar-refractivity contribution in [1.29, 1.82) is 0 Å². The van der Waals surface area contributed by atoms with Gasteiger partial charge in [0, 0.05) is 22.0 Å². The van der Waals surface area contributed by atoms with E-state index in [2.05, 4.69) is 10.6 Å². The number of carbonyl (C=O) groups is 3. The number of hydrogen-bond donors (Lipinski definition) is 2. The Morgan fingerprint density at radius 1 is 0.943 bits per heavy atom. The van der Waals surface area contributed by atoms with Crippen molar-refractivity contribution >= 4 is 58.0 Å². The summed E-state index contributed by atoms with van der Waals surface area (Å²) in [7, 11) is 0. The zero-order chi connectivity index (χ0) is 25.1. The van der Waals surface area contributed by atoms with Crippen LogP contribution in [0.2, 0.25) is 5.02 Å². The Bertz CT molecular complexity index is 1350. The summed E-state index contributed by atoms with van der Waals surface area (Å²) in [5, 5.41) is 5.86. The van der Waals surface area contributed by atoms with Crippen LogP contribution in [-0.2, 0) is 9.59 Å². The monoisotopic (exact) mass is 509 g/mol. The number of anilines is 3. The van der Waals surface area contributed by atoms with Gasteiger partial charge >= 0.3 is 0 Å². The third-order valence-electron chi connectivity index (χ3n) is 5.26. The molecule has 7 nitrogen and oxygen atoms in total. The molecule has 0 spiro atoms. The fourth-order valence-electron chi connectivity index (χ4n) is 3.45. The van der Waals surface area contributed by atoms with Crippen LogP contribution in [0.25, 0.3) is 0 Å². The molecule has 0 bridgehead atoms. The van der Waals surface area contributed by atoms with Crippen molar-refractivity contribution in [2.45, 2.75) is 13.8 Å². The van der Waals surface area contributed by atoms with Gasteiger partial charge in [-0.05, 0) is 74.0 Å². The maximum Gasteiger partial charge on any atom is 0.283 e. The van der Waals surface area contributed by atoms with Gasteiger partial charge in [-0.1, -0.05) is 35.3 Å². The lowest BCUT2D eigenvalue weighted by atomic mass is 10.1. The lowest BCUT2D eigenvalue weighted by Gasteiger charge is -2.16. The minimum Gasteiger partial charge on any atom is -0.494 e. The average Bonchev–Trinajstić information content (AvgIpc) is 3.05. The summed E-state index contributed by atoms with van der Waals surface area (Å²) >= 11 is 12.4. The number of imide groups is 1. The molecule has 0 aliphatic carbocycles. The minimum absolute atomic E-state index is 0.0857. The summed E-state index contributed by atoms with van der Waals surface area (Å²) in [6.07, 6.45) is 0. The standard InChI is InChI=1S/C26H21Cl2N3O4/c1-3-35-20-11-8-17(9-12-20)30-24(32)16-5-4-6-18(13-16)29-23-22(28)25(33)31(26(23)34)19-10-7-15(2)21(27)14-19/h4-14,29H,3H2,1-2H3,(H,30,32). The molecule has 0 aromatic heterocycles. The number of amides is 3. The molecular formula is C26H21Cl2N3O4. The van der Waals surface area contributed by atoms with E-state index < -0.39 is 11.8 Å². The summed E-state index contributed by atoms with van der Waals surface area (Å²) in [6, 6.07) is 18.4. The second-order valence-electron chi connectivity index (χ2n) is 7.69. The largest absolute Gasteiger partial charge is 0.494 e. The van der Waals surface area contributed by atoms with E-state index in [0.717, 1.165) is 10.5 Å². The van der Waals surface area contributed by atoms with E-state index in [4.69, 9.17) is 27.9 Å². The molecule has 0 radical (unpaired) electrons. The van der Waals surface area contributed by atoms with Crippen LogP contribution in [0.15, 0.2) is 77.5 Å². The molecule has 0 saturated heterocycles. The molecule has 2 N–H and O–H groups in total. The molecule has 3 aromatic rings. The second-order valence-corrected chi connectivity index (χ2v) is 8.47. The molecule has 0 unspecified atom stereocenters. The van der Waals surface area contributed by atoms with Crippen molar-refractivity contribution in [1.82, 2.24) is 0 Å². The fraction of sp³-hybridized carbons (Fsp3) is 0.115.